The van der Waals surface area contributed by atoms with Gasteiger partial charge in [0, 0.05) is 11.8 Å². The molecule has 15 heavy (non-hydrogen) atoms. The minimum absolute atomic E-state index is 0.365. The summed E-state index contributed by atoms with van der Waals surface area (Å²) in [5, 5.41) is 7.45. The molecule has 2 N–H and O–H groups in total. The van der Waals surface area contributed by atoms with E-state index in [1.807, 2.05) is 19.1 Å². The van der Waals surface area contributed by atoms with Crippen LogP contribution in [0.25, 0.3) is 0 Å². The van der Waals surface area contributed by atoms with Crippen LogP contribution in [0.2, 0.25) is 0 Å². The number of anilines is 1. The Balaban J connectivity index is 2.15. The first-order valence-electron chi connectivity index (χ1n) is 4.44. The number of aryl methyl sites for hydroxylation is 1. The first-order valence-corrected chi connectivity index (χ1v) is 4.44. The predicted molar refractivity (Wildman–Crippen MR) is 55.5 cm³/mol. The van der Waals surface area contributed by atoms with Gasteiger partial charge in [-0.25, -0.2) is 0 Å². The Morgan fingerprint density at radius 1 is 1.13 bits per heavy atom. The monoisotopic (exact) mass is 202 g/mol. The second-order valence-corrected chi connectivity index (χ2v) is 3.03. The molecule has 0 unspecified atom stereocenters. The first-order chi connectivity index (χ1) is 7.24. The minimum Gasteiger partial charge on any atom is -0.436 e. The molecule has 0 radical (unpaired) electrons. The van der Waals surface area contributed by atoms with Gasteiger partial charge in [-0.05, 0) is 25.1 Å². The summed E-state index contributed by atoms with van der Waals surface area (Å²) in [6.45, 7) is 1.91. The average molecular weight is 202 g/mol. The van der Waals surface area contributed by atoms with Crippen LogP contribution in [0.4, 0.5) is 5.82 Å². The molecule has 0 aliphatic rings. The fourth-order valence-electron chi connectivity index (χ4n) is 1.02. The second kappa shape index (κ2) is 3.91. The van der Waals surface area contributed by atoms with Crippen molar-refractivity contribution in [2.75, 3.05) is 5.73 Å². The van der Waals surface area contributed by atoms with E-state index in [1.54, 1.807) is 18.3 Å². The summed E-state index contributed by atoms with van der Waals surface area (Å²) in [5.74, 6) is 1.39. The van der Waals surface area contributed by atoms with Gasteiger partial charge >= 0.3 is 0 Å². The Morgan fingerprint density at radius 2 is 2.00 bits per heavy atom. The van der Waals surface area contributed by atoms with Crippen molar-refractivity contribution in [2.24, 2.45) is 0 Å². The number of nitrogens with two attached hydrogens (primary N) is 1. The Bertz CT molecular complexity index is 394. The van der Waals surface area contributed by atoms with Gasteiger partial charge < -0.3 is 10.5 Å². The SMILES string of the molecule is Cc1ccc(Oc2ccc(N)nn2)cn1. The average Bonchev–Trinajstić information content (AvgIpc) is 2.25. The van der Waals surface area contributed by atoms with Gasteiger partial charge in [-0.1, -0.05) is 0 Å². The van der Waals surface area contributed by atoms with Crippen molar-refractivity contribution < 1.29 is 4.74 Å². The molecular weight excluding hydrogens is 192 g/mol. The number of pyridine rings is 1. The lowest BCUT2D eigenvalue weighted by Crippen LogP contribution is -1.95. The standard InChI is InChI=1S/C10H10N4O/c1-7-2-3-8(6-12-7)15-10-5-4-9(11)13-14-10/h2-6H,1H3,(H2,11,13). The molecular formula is C10H10N4O. The molecule has 5 heteroatoms. The summed E-state index contributed by atoms with van der Waals surface area (Å²) in [4.78, 5) is 4.09. The Labute approximate surface area is 86.9 Å². The zero-order valence-corrected chi connectivity index (χ0v) is 8.21. The lowest BCUT2D eigenvalue weighted by atomic mass is 10.4. The van der Waals surface area contributed by atoms with E-state index in [9.17, 15) is 0 Å². The molecule has 2 aromatic rings. The van der Waals surface area contributed by atoms with Gasteiger partial charge in [0.2, 0.25) is 5.88 Å². The van der Waals surface area contributed by atoms with Gasteiger partial charge in [-0.3, -0.25) is 4.98 Å². The van der Waals surface area contributed by atoms with Crippen molar-refractivity contribution in [1.82, 2.24) is 15.2 Å². The van der Waals surface area contributed by atoms with Gasteiger partial charge in [-0.15, -0.1) is 10.2 Å². The zero-order valence-electron chi connectivity index (χ0n) is 8.21. The fraction of sp³-hybridized carbons (Fsp3) is 0.100. The minimum atomic E-state index is 0.365. The number of ether oxygens (including phenoxy) is 1. The molecule has 0 aromatic carbocycles. The van der Waals surface area contributed by atoms with Crippen LogP contribution < -0.4 is 10.5 Å². The van der Waals surface area contributed by atoms with E-state index >= 15 is 0 Å². The molecule has 0 aliphatic heterocycles. The van der Waals surface area contributed by atoms with Crippen LogP contribution in [-0.2, 0) is 0 Å². The molecule has 0 aliphatic carbocycles. The molecule has 76 valence electrons. The van der Waals surface area contributed by atoms with Gasteiger partial charge in [0.15, 0.2) is 0 Å². The lowest BCUT2D eigenvalue weighted by molar-refractivity contribution is 0.453. The summed E-state index contributed by atoms with van der Waals surface area (Å²) in [6, 6.07) is 6.96. The maximum absolute atomic E-state index is 5.40. The number of aromatic nitrogens is 3. The molecule has 0 amide bonds. The molecule has 0 saturated heterocycles. The quantitative estimate of drug-likeness (QED) is 0.799. The molecule has 2 aromatic heterocycles. The molecule has 0 bridgehead atoms. The van der Waals surface area contributed by atoms with Crippen LogP contribution >= 0.6 is 0 Å². The highest BCUT2D eigenvalue weighted by Crippen LogP contribution is 2.17. The predicted octanol–water partition coefficient (Wildman–Crippen LogP) is 1.55. The maximum Gasteiger partial charge on any atom is 0.239 e. The third kappa shape index (κ3) is 2.40. The lowest BCUT2D eigenvalue weighted by Gasteiger charge is -2.03. The summed E-state index contributed by atoms with van der Waals surface area (Å²) in [7, 11) is 0. The Morgan fingerprint density at radius 3 is 2.60 bits per heavy atom. The molecule has 2 heterocycles. The summed E-state index contributed by atoms with van der Waals surface area (Å²) in [5.41, 5.74) is 6.33. The number of rotatable bonds is 2. The normalized spacial score (nSPS) is 9.93. The van der Waals surface area contributed by atoms with Gasteiger partial charge in [0.1, 0.15) is 11.6 Å². The topological polar surface area (TPSA) is 73.9 Å². The van der Waals surface area contributed by atoms with E-state index in [0.29, 0.717) is 17.4 Å². The molecule has 2 rings (SSSR count). The van der Waals surface area contributed by atoms with E-state index in [2.05, 4.69) is 15.2 Å². The summed E-state index contributed by atoms with van der Waals surface area (Å²) in [6.07, 6.45) is 1.63. The summed E-state index contributed by atoms with van der Waals surface area (Å²) < 4.78 is 5.40. The van der Waals surface area contributed by atoms with Crippen LogP contribution in [0.5, 0.6) is 11.6 Å². The maximum atomic E-state index is 5.40. The highest BCUT2D eigenvalue weighted by Gasteiger charge is 1.98. The van der Waals surface area contributed by atoms with E-state index in [1.165, 1.54) is 0 Å². The van der Waals surface area contributed by atoms with E-state index in [0.717, 1.165) is 5.69 Å². The fourth-order valence-corrected chi connectivity index (χ4v) is 1.02. The number of hydrogen-bond acceptors (Lipinski definition) is 5. The van der Waals surface area contributed by atoms with Crippen molar-refractivity contribution in [3.05, 3.63) is 36.2 Å². The van der Waals surface area contributed by atoms with Crippen LogP contribution in [0, 0.1) is 6.92 Å². The first kappa shape index (κ1) is 9.39. The highest BCUT2D eigenvalue weighted by atomic mass is 16.5. The van der Waals surface area contributed by atoms with Gasteiger partial charge in [-0.2, -0.15) is 0 Å². The largest absolute Gasteiger partial charge is 0.436 e. The Hall–Kier alpha value is -2.17. The van der Waals surface area contributed by atoms with Crippen LogP contribution in [0.1, 0.15) is 5.69 Å². The van der Waals surface area contributed by atoms with Gasteiger partial charge in [0.05, 0.1) is 6.20 Å². The molecule has 0 spiro atoms. The molecule has 0 saturated carbocycles. The van der Waals surface area contributed by atoms with Crippen molar-refractivity contribution in [3.63, 3.8) is 0 Å². The smallest absolute Gasteiger partial charge is 0.239 e. The van der Waals surface area contributed by atoms with Crippen molar-refractivity contribution in [3.8, 4) is 11.6 Å². The third-order valence-electron chi connectivity index (χ3n) is 1.77. The van der Waals surface area contributed by atoms with Crippen LogP contribution in [-0.4, -0.2) is 15.2 Å². The van der Waals surface area contributed by atoms with Crippen LogP contribution in [0.15, 0.2) is 30.5 Å². The van der Waals surface area contributed by atoms with E-state index in [-0.39, 0.29) is 0 Å². The number of hydrogen-bond donors (Lipinski definition) is 1. The van der Waals surface area contributed by atoms with Crippen LogP contribution in [0.3, 0.4) is 0 Å². The Kier molecular flexibility index (Phi) is 2.45. The third-order valence-corrected chi connectivity index (χ3v) is 1.77. The number of nitrogen functional groups attached to an aromatic ring is 1. The summed E-state index contributed by atoms with van der Waals surface area (Å²) >= 11 is 0. The molecule has 0 fully saturated rings. The highest BCUT2D eigenvalue weighted by molar-refractivity contribution is 5.30. The van der Waals surface area contributed by atoms with Crippen molar-refractivity contribution >= 4 is 5.82 Å². The van der Waals surface area contributed by atoms with E-state index in [4.69, 9.17) is 10.5 Å². The number of nitrogens with zero attached hydrogens (tertiary/aromatic N) is 3. The van der Waals surface area contributed by atoms with Crippen molar-refractivity contribution in [2.45, 2.75) is 6.92 Å². The van der Waals surface area contributed by atoms with Gasteiger partial charge in [0.25, 0.3) is 0 Å². The zero-order chi connectivity index (χ0) is 10.7. The molecule has 5 nitrogen and oxygen atoms in total. The van der Waals surface area contributed by atoms with Crippen molar-refractivity contribution in [1.29, 1.82) is 0 Å². The van der Waals surface area contributed by atoms with E-state index < -0.39 is 0 Å². The molecule has 0 atom stereocenters. The second-order valence-electron chi connectivity index (χ2n) is 3.03.